The number of hydrogen-bond acceptors (Lipinski definition) is 4. The molecule has 0 saturated heterocycles. The van der Waals surface area contributed by atoms with E-state index in [1.807, 2.05) is 12.1 Å². The van der Waals surface area contributed by atoms with Gasteiger partial charge in [0.1, 0.15) is 11.5 Å². The molecule has 0 aromatic heterocycles. The zero-order valence-corrected chi connectivity index (χ0v) is 12.6. The minimum atomic E-state index is -0.678. The Morgan fingerprint density at radius 1 is 0.783 bits per heavy atom. The van der Waals surface area contributed by atoms with E-state index in [0.717, 1.165) is 11.5 Å². The van der Waals surface area contributed by atoms with Crippen molar-refractivity contribution < 1.29 is 19.8 Å². The van der Waals surface area contributed by atoms with E-state index in [9.17, 15) is 19.8 Å². The third-order valence-corrected chi connectivity index (χ3v) is 4.02. The lowest BCUT2D eigenvalue weighted by Gasteiger charge is -2.15. The lowest BCUT2D eigenvalue weighted by Crippen LogP contribution is -2.16. The second-order valence-electron chi connectivity index (χ2n) is 5.25. The quantitative estimate of drug-likeness (QED) is 0.489. The molecule has 0 unspecified atom stereocenters. The van der Waals surface area contributed by atoms with Crippen LogP contribution in [0.2, 0.25) is 0 Å². The number of carbonyl (C=O) groups is 2. The third-order valence-electron chi connectivity index (χ3n) is 4.02. The minimum Gasteiger partial charge on any atom is -0.507 e. The van der Waals surface area contributed by atoms with Crippen molar-refractivity contribution in [1.82, 2.24) is 0 Å². The average Bonchev–Trinajstić information content (AvgIpc) is 2.53. The second-order valence-corrected chi connectivity index (χ2v) is 5.25. The number of carbonyl (C=O) groups excluding carboxylic acids is 2. The van der Waals surface area contributed by atoms with E-state index in [-0.39, 0.29) is 29.5 Å². The maximum absolute atomic E-state index is 12.0. The lowest BCUT2D eigenvalue weighted by atomic mass is 9.90. The average molecular weight is 327 g/mol. The van der Waals surface area contributed by atoms with E-state index in [2.05, 4.69) is 0 Å². The molecule has 0 saturated carbocycles. The van der Waals surface area contributed by atoms with E-state index < -0.39 is 11.6 Å². The fourth-order valence-electron chi connectivity index (χ4n) is 2.91. The fraction of sp³-hybridized carbons (Fsp3) is 0. The Balaban J connectivity index is 0.00000156. The summed E-state index contributed by atoms with van der Waals surface area (Å²) in [7, 11) is 0. The van der Waals surface area contributed by atoms with Crippen molar-refractivity contribution in [2.24, 2.45) is 0 Å². The number of phenols is 2. The van der Waals surface area contributed by atoms with Crippen molar-refractivity contribution in [2.75, 3.05) is 0 Å². The van der Waals surface area contributed by atoms with Crippen LogP contribution in [0.5, 0.6) is 11.5 Å². The zero-order chi connectivity index (χ0) is 15.4. The number of rotatable bonds is 0. The smallest absolute Gasteiger partial charge is 0.233 e. The van der Waals surface area contributed by atoms with Gasteiger partial charge in [0, 0.05) is 27.3 Å². The predicted octanol–water partition coefficient (Wildman–Crippen LogP) is 3.60. The van der Waals surface area contributed by atoms with Crippen molar-refractivity contribution in [3.63, 3.8) is 0 Å². The summed E-state index contributed by atoms with van der Waals surface area (Å²) in [6, 6.07) is 10.4. The van der Waals surface area contributed by atoms with Crippen LogP contribution in [0.15, 0.2) is 42.5 Å². The molecule has 0 fully saturated rings. The highest BCUT2D eigenvalue weighted by Gasteiger charge is 2.25. The third kappa shape index (κ3) is 1.99. The molecule has 1 aliphatic carbocycles. The number of benzene rings is 3. The molecule has 23 heavy (non-hydrogen) atoms. The molecule has 0 atom stereocenters. The number of aromatic hydroxyl groups is 2. The number of halogens is 1. The highest BCUT2D eigenvalue weighted by atomic mass is 35.5. The first-order valence-electron chi connectivity index (χ1n) is 6.75. The molecule has 1 aliphatic rings. The fourth-order valence-corrected chi connectivity index (χ4v) is 2.91. The molecule has 0 aliphatic heterocycles. The van der Waals surface area contributed by atoms with Crippen molar-refractivity contribution in [1.29, 1.82) is 0 Å². The van der Waals surface area contributed by atoms with Gasteiger partial charge in [0.15, 0.2) is 0 Å². The van der Waals surface area contributed by atoms with Crippen LogP contribution in [0.3, 0.4) is 0 Å². The summed E-state index contributed by atoms with van der Waals surface area (Å²) in [5.74, 6) is -1.43. The Labute approximate surface area is 137 Å². The van der Waals surface area contributed by atoms with E-state index in [1.165, 1.54) is 12.1 Å². The van der Waals surface area contributed by atoms with Gasteiger partial charge in [0.2, 0.25) is 11.6 Å². The largest absolute Gasteiger partial charge is 0.507 e. The van der Waals surface area contributed by atoms with E-state index in [1.54, 1.807) is 18.2 Å². The van der Waals surface area contributed by atoms with Crippen LogP contribution < -0.4 is 0 Å². The van der Waals surface area contributed by atoms with E-state index in [4.69, 9.17) is 0 Å². The Morgan fingerprint density at radius 2 is 1.48 bits per heavy atom. The normalized spacial score (nSPS) is 13.2. The molecule has 0 bridgehead atoms. The number of allylic oxidation sites excluding steroid dienone is 1. The van der Waals surface area contributed by atoms with Crippen LogP contribution in [-0.4, -0.2) is 21.8 Å². The Kier molecular flexibility index (Phi) is 3.34. The molecule has 3 aromatic carbocycles. The van der Waals surface area contributed by atoms with Crippen LogP contribution >= 0.6 is 12.4 Å². The van der Waals surface area contributed by atoms with Gasteiger partial charge in [-0.05, 0) is 29.7 Å². The first kappa shape index (κ1) is 15.1. The highest BCUT2D eigenvalue weighted by molar-refractivity contribution is 6.50. The zero-order valence-electron chi connectivity index (χ0n) is 11.7. The molecule has 4 nitrogen and oxygen atoms in total. The van der Waals surface area contributed by atoms with Crippen LogP contribution in [0, 0.1) is 0 Å². The molecule has 3 aromatic rings. The first-order valence-corrected chi connectivity index (χ1v) is 6.75. The molecule has 0 amide bonds. The summed E-state index contributed by atoms with van der Waals surface area (Å²) in [6.07, 6.45) is 2.58. The topological polar surface area (TPSA) is 74.6 Å². The summed E-state index contributed by atoms with van der Waals surface area (Å²) >= 11 is 0. The molecule has 4 rings (SSSR count). The van der Waals surface area contributed by atoms with Gasteiger partial charge in [0.25, 0.3) is 0 Å². The standard InChI is InChI=1S/C18H10O4.ClH/c19-15-6-5-11-13(18(15)22)8-14-12(17(11)21)7-9-3-1-2-4-10(9)16(14)20;/h1-8,20-21H;1H. The molecule has 0 heterocycles. The minimum absolute atomic E-state index is 0. The van der Waals surface area contributed by atoms with Crippen LogP contribution in [-0.2, 0) is 4.79 Å². The molecule has 5 heteroatoms. The monoisotopic (exact) mass is 326 g/mol. The van der Waals surface area contributed by atoms with Crippen molar-refractivity contribution in [2.45, 2.75) is 0 Å². The Hall–Kier alpha value is -2.85. The molecule has 114 valence electrons. The summed E-state index contributed by atoms with van der Waals surface area (Å²) < 4.78 is 0. The maximum atomic E-state index is 12.0. The van der Waals surface area contributed by atoms with Gasteiger partial charge < -0.3 is 10.2 Å². The van der Waals surface area contributed by atoms with Crippen LogP contribution in [0.25, 0.3) is 27.6 Å². The first-order chi connectivity index (χ1) is 10.6. The van der Waals surface area contributed by atoms with Crippen molar-refractivity contribution in [3.8, 4) is 11.5 Å². The van der Waals surface area contributed by atoms with Gasteiger partial charge in [-0.25, -0.2) is 0 Å². The van der Waals surface area contributed by atoms with Crippen LogP contribution in [0.4, 0.5) is 0 Å². The number of hydrogen-bond donors (Lipinski definition) is 2. The molecular formula is C18H11ClO4. The van der Waals surface area contributed by atoms with Gasteiger partial charge in [0.05, 0.1) is 0 Å². The number of fused-ring (bicyclic) bond motifs is 3. The second kappa shape index (κ2) is 5.11. The van der Waals surface area contributed by atoms with Crippen molar-refractivity contribution in [3.05, 3.63) is 53.6 Å². The van der Waals surface area contributed by atoms with Gasteiger partial charge in [-0.15, -0.1) is 12.4 Å². The van der Waals surface area contributed by atoms with Crippen molar-refractivity contribution >= 4 is 51.6 Å². The van der Waals surface area contributed by atoms with Gasteiger partial charge in [-0.1, -0.05) is 24.3 Å². The maximum Gasteiger partial charge on any atom is 0.233 e. The summed E-state index contributed by atoms with van der Waals surface area (Å²) in [4.78, 5) is 23.5. The number of ketones is 2. The molecule has 2 N–H and O–H groups in total. The SMILES string of the molecule is Cl.O=C1C=Cc2c(cc3c(O)c4ccccc4cc3c2O)C1=O. The van der Waals surface area contributed by atoms with Gasteiger partial charge >= 0.3 is 0 Å². The highest BCUT2D eigenvalue weighted by Crippen LogP contribution is 2.42. The summed E-state index contributed by atoms with van der Waals surface area (Å²) in [6.45, 7) is 0. The van der Waals surface area contributed by atoms with Crippen LogP contribution in [0.1, 0.15) is 15.9 Å². The molecular weight excluding hydrogens is 316 g/mol. The number of Topliss-reactive ketones (excluding diaryl/α,β-unsaturated/α-hetero) is 1. The lowest BCUT2D eigenvalue weighted by molar-refractivity contribution is -0.110. The predicted molar refractivity (Wildman–Crippen MR) is 90.4 cm³/mol. The Morgan fingerprint density at radius 3 is 2.26 bits per heavy atom. The van der Waals surface area contributed by atoms with Gasteiger partial charge in [-0.3, -0.25) is 9.59 Å². The van der Waals surface area contributed by atoms with E-state index >= 15 is 0 Å². The summed E-state index contributed by atoms with van der Waals surface area (Å²) in [5, 5.41) is 23.1. The molecule has 0 spiro atoms. The molecule has 0 radical (unpaired) electrons. The summed E-state index contributed by atoms with van der Waals surface area (Å²) in [5.41, 5.74) is 0.426. The Bertz CT molecular complexity index is 1030. The number of phenolic OH excluding ortho intramolecular Hbond substituents is 2. The van der Waals surface area contributed by atoms with E-state index in [0.29, 0.717) is 21.7 Å². The van der Waals surface area contributed by atoms with Gasteiger partial charge in [-0.2, -0.15) is 0 Å².